The molecule has 3 rings (SSSR count). The van der Waals surface area contributed by atoms with E-state index in [2.05, 4.69) is 0 Å². The summed E-state index contributed by atoms with van der Waals surface area (Å²) < 4.78 is 11.1. The Balaban J connectivity index is 0.00000108. The van der Waals surface area contributed by atoms with E-state index in [-0.39, 0.29) is 27.3 Å². The summed E-state index contributed by atoms with van der Waals surface area (Å²) in [6.07, 6.45) is 0. The zero-order valence-electron chi connectivity index (χ0n) is 8.97. The molecule has 2 nitrogen and oxygen atoms in total. The number of para-hydroxylation sites is 2. The van der Waals surface area contributed by atoms with Crippen LogP contribution in [0.15, 0.2) is 56.9 Å². The van der Waals surface area contributed by atoms with Crippen LogP contribution in [0.5, 0.6) is 0 Å². The molecule has 0 N–H and O–H groups in total. The topological polar surface area (TPSA) is 26.3 Å². The molecular weight excluding hydrogens is 450 g/mol. The van der Waals surface area contributed by atoms with E-state index in [0.717, 1.165) is 21.9 Å². The number of rotatable bonds is 0. The monoisotopic (exact) mass is 460 g/mol. The summed E-state index contributed by atoms with van der Waals surface area (Å²) in [6, 6.07) is 15.6. The third kappa shape index (κ3) is 2.54. The zero-order valence-corrected chi connectivity index (χ0v) is 16.1. The molecule has 0 fully saturated rings. The van der Waals surface area contributed by atoms with E-state index >= 15 is 0 Å². The molecule has 0 atom stereocenters. The van der Waals surface area contributed by atoms with Crippen molar-refractivity contribution in [1.82, 2.24) is 0 Å². The third-order valence-electron chi connectivity index (χ3n) is 2.40. The zero-order chi connectivity index (χ0) is 11.0. The second kappa shape index (κ2) is 5.46. The molecule has 0 aliphatic carbocycles. The van der Waals surface area contributed by atoms with Crippen molar-refractivity contribution in [3.8, 4) is 0 Å². The summed E-state index contributed by atoms with van der Waals surface area (Å²) in [7, 11) is -1.42. The first kappa shape index (κ1) is 13.0. The summed E-state index contributed by atoms with van der Waals surface area (Å²) in [6.45, 7) is 0. The van der Waals surface area contributed by atoms with Crippen molar-refractivity contribution in [3.63, 3.8) is 0 Å². The fraction of sp³-hybridized carbons (Fsp3) is 0. The molecule has 0 aliphatic heterocycles. The summed E-state index contributed by atoms with van der Waals surface area (Å²) in [4.78, 5) is 0. The summed E-state index contributed by atoms with van der Waals surface area (Å²) in [5, 5.41) is 2.03. The van der Waals surface area contributed by atoms with Crippen LogP contribution in [0, 0.1) is 0 Å². The second-order valence-corrected chi connectivity index (χ2v) is 5.01. The summed E-state index contributed by atoms with van der Waals surface area (Å²) in [5.74, 6) is 0. The molecule has 1 aromatic heterocycles. The van der Waals surface area contributed by atoms with E-state index in [0.29, 0.717) is 0 Å². The van der Waals surface area contributed by atoms with Crippen molar-refractivity contribution in [2.45, 2.75) is 0 Å². The van der Waals surface area contributed by atoms with Gasteiger partial charge in [-0.2, -0.15) is 0 Å². The Hall–Kier alpha value is -0.448. The molecule has 0 spiro atoms. The Morgan fingerprint density at radius 1 is 0.765 bits per heavy atom. The van der Waals surface area contributed by atoms with Crippen LogP contribution in [0.2, 0.25) is 0 Å². The molecule has 0 saturated carbocycles. The Bertz CT molecular complexity index is 638. The van der Waals surface area contributed by atoms with Crippen molar-refractivity contribution in [2.24, 2.45) is 0 Å². The van der Waals surface area contributed by atoms with Crippen LogP contribution in [0.25, 0.3) is 21.9 Å². The first-order valence-corrected chi connectivity index (χ1v) is 6.93. The Kier molecular flexibility index (Phi) is 4.18. The standard InChI is InChI=1S/C12H8ClO2P.Pb.2H/c13-16-14-11-7-3-1-5-9(11)10-6-2-4-8-12(10)15-16;;;/h1-8H;;;. The van der Waals surface area contributed by atoms with Gasteiger partial charge in [-0.3, -0.25) is 0 Å². The Labute approximate surface area is 124 Å². The fourth-order valence-corrected chi connectivity index (χ4v) is 2.82. The average Bonchev–Trinajstić information content (AvgIpc) is 2.44. The molecule has 0 bridgehead atoms. The van der Waals surface area contributed by atoms with E-state index in [1.54, 1.807) is 0 Å². The van der Waals surface area contributed by atoms with Gasteiger partial charge in [-0.25, -0.2) is 0 Å². The number of hydrogen-bond donors (Lipinski definition) is 0. The van der Waals surface area contributed by atoms with Crippen molar-refractivity contribution in [2.75, 3.05) is 0 Å². The molecule has 2 radical (unpaired) electrons. The predicted octanol–water partition coefficient (Wildman–Crippen LogP) is 4.38. The Morgan fingerprint density at radius 3 is 1.65 bits per heavy atom. The van der Waals surface area contributed by atoms with Gasteiger partial charge in [0.15, 0.2) is 0 Å². The number of hydrogen-bond acceptors (Lipinski definition) is 2. The molecule has 17 heavy (non-hydrogen) atoms. The Morgan fingerprint density at radius 2 is 1.18 bits per heavy atom. The van der Waals surface area contributed by atoms with E-state index in [1.807, 2.05) is 48.5 Å². The molecule has 0 amide bonds. The van der Waals surface area contributed by atoms with Crippen LogP contribution in [0.1, 0.15) is 0 Å². The molecule has 3 aromatic rings. The molecule has 0 aliphatic rings. The van der Waals surface area contributed by atoms with Gasteiger partial charge in [-0.1, -0.05) is 36.4 Å². The van der Waals surface area contributed by atoms with Gasteiger partial charge in [-0.15, -0.1) is 0 Å². The molecule has 5 heteroatoms. The quantitative estimate of drug-likeness (QED) is 0.467. The van der Waals surface area contributed by atoms with Gasteiger partial charge >= 0.3 is 34.7 Å². The molecule has 0 unspecified atom stereocenters. The van der Waals surface area contributed by atoms with E-state index < -0.39 is 7.37 Å². The molecule has 1 heterocycles. The number of fused-ring (bicyclic) bond motifs is 3. The van der Waals surface area contributed by atoms with E-state index in [1.165, 1.54) is 0 Å². The van der Waals surface area contributed by atoms with Crippen LogP contribution in [-0.4, -0.2) is 27.3 Å². The summed E-state index contributed by atoms with van der Waals surface area (Å²) in [5.41, 5.74) is 1.54. The molecule has 2 aromatic carbocycles. The predicted molar refractivity (Wildman–Crippen MR) is 76.1 cm³/mol. The van der Waals surface area contributed by atoms with Gasteiger partial charge in [0, 0.05) is 22.0 Å². The van der Waals surface area contributed by atoms with Crippen LogP contribution in [-0.2, 0) is 0 Å². The van der Waals surface area contributed by atoms with Crippen molar-refractivity contribution < 1.29 is 8.39 Å². The molecule has 0 saturated heterocycles. The minimum absolute atomic E-state index is 0. The first-order chi connectivity index (χ1) is 7.84. The molecular formula is C12H10ClO2PPb. The normalized spacial score (nSPS) is 10.2. The number of halogens is 1. The van der Waals surface area contributed by atoms with Crippen LogP contribution < -0.4 is 0 Å². The fourth-order valence-electron chi connectivity index (χ4n) is 1.71. The van der Waals surface area contributed by atoms with Crippen molar-refractivity contribution >= 4 is 67.8 Å². The SMILES string of the molecule is Clp1oc2ccccc2c2ccccc2o1.[PbH2]. The van der Waals surface area contributed by atoms with Gasteiger partial charge in [-0.05, 0) is 12.1 Å². The second-order valence-electron chi connectivity index (χ2n) is 3.39. The maximum absolute atomic E-state index is 6.00. The van der Waals surface area contributed by atoms with Gasteiger partial charge in [0.05, 0.1) is 0 Å². The minimum atomic E-state index is -1.42. The van der Waals surface area contributed by atoms with E-state index in [9.17, 15) is 0 Å². The maximum atomic E-state index is 6.00. The van der Waals surface area contributed by atoms with Crippen molar-refractivity contribution in [3.05, 3.63) is 48.5 Å². The number of benzene rings is 2. The van der Waals surface area contributed by atoms with Crippen LogP contribution in [0.3, 0.4) is 0 Å². The van der Waals surface area contributed by atoms with Gasteiger partial charge in [0.25, 0.3) is 0 Å². The average molecular weight is 460 g/mol. The van der Waals surface area contributed by atoms with Gasteiger partial charge in [0.2, 0.25) is 0 Å². The van der Waals surface area contributed by atoms with Crippen molar-refractivity contribution in [1.29, 1.82) is 0 Å². The van der Waals surface area contributed by atoms with Crippen LogP contribution in [0.4, 0.5) is 0 Å². The summed E-state index contributed by atoms with van der Waals surface area (Å²) >= 11 is 6.00. The third-order valence-corrected chi connectivity index (χ3v) is 3.50. The van der Waals surface area contributed by atoms with Gasteiger partial charge in [0.1, 0.15) is 11.2 Å². The van der Waals surface area contributed by atoms with Gasteiger partial charge < -0.3 is 8.39 Å². The first-order valence-electron chi connectivity index (χ1n) is 4.85. The van der Waals surface area contributed by atoms with Crippen LogP contribution >= 0.6 is 18.6 Å². The van der Waals surface area contributed by atoms with E-state index in [4.69, 9.17) is 19.6 Å². The molecule has 86 valence electrons.